The Hall–Kier alpha value is -1.39. The first kappa shape index (κ1) is 14.0. The van der Waals surface area contributed by atoms with E-state index in [1.165, 1.54) is 5.56 Å². The van der Waals surface area contributed by atoms with Gasteiger partial charge in [0.25, 0.3) is 0 Å². The monoisotopic (exact) mass is 334 g/mol. The zero-order valence-corrected chi connectivity index (χ0v) is 13.3. The van der Waals surface area contributed by atoms with E-state index in [1.807, 2.05) is 25.2 Å². The lowest BCUT2D eigenvalue weighted by molar-refractivity contribution is 1.20. The summed E-state index contributed by atoms with van der Waals surface area (Å²) in [7, 11) is 2.03. The van der Waals surface area contributed by atoms with Crippen LogP contribution in [0, 0.1) is 6.92 Å². The number of rotatable bonds is 3. The van der Waals surface area contributed by atoms with Crippen LogP contribution in [0.1, 0.15) is 11.1 Å². The molecule has 0 aliphatic heterocycles. The Labute approximate surface area is 127 Å². The zero-order chi connectivity index (χ0) is 14.0. The van der Waals surface area contributed by atoms with E-state index in [-0.39, 0.29) is 0 Å². The number of nitrogens with zero attached hydrogens (tertiary/aromatic N) is 1. The van der Waals surface area contributed by atoms with Crippen LogP contribution in [0.4, 0.5) is 11.4 Å². The van der Waals surface area contributed by atoms with Gasteiger partial charge in [0.15, 0.2) is 0 Å². The largest absolute Gasteiger partial charge is 0.389 e. The van der Waals surface area contributed by atoms with Gasteiger partial charge in [-0.1, -0.05) is 29.9 Å². The summed E-state index contributed by atoms with van der Waals surface area (Å²) >= 11 is 8.51. The van der Waals surface area contributed by atoms with Crippen molar-refractivity contribution in [3.8, 4) is 0 Å². The molecule has 0 saturated heterocycles. The highest BCUT2D eigenvalue weighted by Gasteiger charge is 2.08. The van der Waals surface area contributed by atoms with Gasteiger partial charge in [-0.05, 0) is 53.2 Å². The third-order valence-electron chi connectivity index (χ3n) is 3.03. The second-order valence-electron chi connectivity index (χ2n) is 4.42. The van der Waals surface area contributed by atoms with Crippen molar-refractivity contribution < 1.29 is 0 Å². The third kappa shape index (κ3) is 3.14. The predicted octanol–water partition coefficient (Wildman–Crippen LogP) is 4.16. The molecule has 2 aromatic rings. The lowest BCUT2D eigenvalue weighted by atomic mass is 10.1. The van der Waals surface area contributed by atoms with Crippen LogP contribution in [0.25, 0.3) is 0 Å². The molecular formula is C15H15BrN2S. The molecule has 0 saturated carbocycles. The lowest BCUT2D eigenvalue weighted by Crippen LogP contribution is -2.12. The van der Waals surface area contributed by atoms with Gasteiger partial charge in [0.1, 0.15) is 4.99 Å². The maximum atomic E-state index is 5.66. The van der Waals surface area contributed by atoms with Crippen LogP contribution in [0.3, 0.4) is 0 Å². The molecular weight excluding hydrogens is 320 g/mol. The fourth-order valence-electron chi connectivity index (χ4n) is 1.83. The molecule has 0 amide bonds. The van der Waals surface area contributed by atoms with Crippen LogP contribution in [-0.2, 0) is 0 Å². The van der Waals surface area contributed by atoms with Crippen LogP contribution in [-0.4, -0.2) is 12.0 Å². The van der Waals surface area contributed by atoms with Crippen LogP contribution >= 0.6 is 28.1 Å². The predicted molar refractivity (Wildman–Crippen MR) is 89.3 cm³/mol. The SMILES string of the molecule is Cc1ccc(N(C)c2ccc(C(N)=S)c(Br)c2)cc1. The quantitative estimate of drug-likeness (QED) is 0.854. The van der Waals surface area contributed by atoms with E-state index in [1.54, 1.807) is 0 Å². The second kappa shape index (κ2) is 5.72. The number of hydrogen-bond donors (Lipinski definition) is 1. The van der Waals surface area contributed by atoms with Gasteiger partial charge in [0, 0.05) is 28.5 Å². The molecule has 4 heteroatoms. The normalized spacial score (nSPS) is 10.3. The van der Waals surface area contributed by atoms with Gasteiger partial charge in [-0.2, -0.15) is 0 Å². The Morgan fingerprint density at radius 2 is 1.68 bits per heavy atom. The molecule has 0 fully saturated rings. The van der Waals surface area contributed by atoms with Crippen molar-refractivity contribution in [2.45, 2.75) is 6.92 Å². The van der Waals surface area contributed by atoms with E-state index < -0.39 is 0 Å². The van der Waals surface area contributed by atoms with E-state index in [0.29, 0.717) is 4.99 Å². The van der Waals surface area contributed by atoms with Gasteiger partial charge >= 0.3 is 0 Å². The maximum Gasteiger partial charge on any atom is 0.105 e. The Balaban J connectivity index is 2.34. The van der Waals surface area contributed by atoms with Crippen LogP contribution in [0.15, 0.2) is 46.9 Å². The summed E-state index contributed by atoms with van der Waals surface area (Å²) in [5.41, 5.74) is 9.98. The van der Waals surface area contributed by atoms with Crippen molar-refractivity contribution in [1.82, 2.24) is 0 Å². The molecule has 2 rings (SSSR count). The smallest absolute Gasteiger partial charge is 0.105 e. The average Bonchev–Trinajstić information content (AvgIpc) is 2.38. The number of halogens is 1. The Bertz CT molecular complexity index is 608. The molecule has 19 heavy (non-hydrogen) atoms. The van der Waals surface area contributed by atoms with Gasteiger partial charge in [-0.3, -0.25) is 0 Å². The molecule has 0 aliphatic rings. The molecule has 0 aliphatic carbocycles. The van der Waals surface area contributed by atoms with E-state index >= 15 is 0 Å². The Kier molecular flexibility index (Phi) is 4.22. The first-order valence-corrected chi connectivity index (χ1v) is 7.09. The molecule has 2 nitrogen and oxygen atoms in total. The van der Waals surface area contributed by atoms with E-state index in [9.17, 15) is 0 Å². The number of aryl methyl sites for hydroxylation is 1. The van der Waals surface area contributed by atoms with Crippen molar-refractivity contribution in [1.29, 1.82) is 0 Å². The average molecular weight is 335 g/mol. The molecule has 0 unspecified atom stereocenters. The molecule has 98 valence electrons. The fourth-order valence-corrected chi connectivity index (χ4v) is 2.72. The summed E-state index contributed by atoms with van der Waals surface area (Å²) < 4.78 is 0.913. The van der Waals surface area contributed by atoms with Crippen LogP contribution < -0.4 is 10.6 Å². The number of nitrogens with two attached hydrogens (primary N) is 1. The van der Waals surface area contributed by atoms with E-state index in [2.05, 4.69) is 52.0 Å². The summed E-state index contributed by atoms with van der Waals surface area (Å²) in [5, 5.41) is 0. The highest BCUT2D eigenvalue weighted by atomic mass is 79.9. The number of hydrogen-bond acceptors (Lipinski definition) is 2. The van der Waals surface area contributed by atoms with Crippen molar-refractivity contribution in [3.05, 3.63) is 58.1 Å². The van der Waals surface area contributed by atoms with Gasteiger partial charge in [-0.25, -0.2) is 0 Å². The van der Waals surface area contributed by atoms with E-state index in [4.69, 9.17) is 18.0 Å². The van der Waals surface area contributed by atoms with Crippen LogP contribution in [0.5, 0.6) is 0 Å². The minimum absolute atomic E-state index is 0.399. The summed E-state index contributed by atoms with van der Waals surface area (Å²) in [6.07, 6.45) is 0. The molecule has 2 aromatic carbocycles. The highest BCUT2D eigenvalue weighted by Crippen LogP contribution is 2.28. The molecule has 0 bridgehead atoms. The Morgan fingerprint density at radius 1 is 1.11 bits per heavy atom. The minimum Gasteiger partial charge on any atom is -0.389 e. The first-order chi connectivity index (χ1) is 8.99. The topological polar surface area (TPSA) is 29.3 Å². The molecule has 2 N–H and O–H groups in total. The molecule has 0 radical (unpaired) electrons. The summed E-state index contributed by atoms with van der Waals surface area (Å²) in [5.74, 6) is 0. The van der Waals surface area contributed by atoms with Crippen molar-refractivity contribution in [2.75, 3.05) is 11.9 Å². The zero-order valence-electron chi connectivity index (χ0n) is 10.9. The second-order valence-corrected chi connectivity index (χ2v) is 5.72. The molecule has 0 aromatic heterocycles. The number of benzene rings is 2. The summed E-state index contributed by atoms with van der Waals surface area (Å²) in [4.78, 5) is 2.52. The van der Waals surface area contributed by atoms with Crippen molar-refractivity contribution in [2.24, 2.45) is 5.73 Å². The fraction of sp³-hybridized carbons (Fsp3) is 0.133. The van der Waals surface area contributed by atoms with Crippen molar-refractivity contribution >= 4 is 44.5 Å². The number of thiocarbonyl (C=S) groups is 1. The lowest BCUT2D eigenvalue weighted by Gasteiger charge is -2.20. The molecule has 0 spiro atoms. The molecule has 0 heterocycles. The van der Waals surface area contributed by atoms with Crippen LogP contribution in [0.2, 0.25) is 0 Å². The van der Waals surface area contributed by atoms with Gasteiger partial charge in [-0.15, -0.1) is 0 Å². The first-order valence-electron chi connectivity index (χ1n) is 5.89. The third-order valence-corrected chi connectivity index (χ3v) is 3.90. The Morgan fingerprint density at radius 3 is 2.21 bits per heavy atom. The van der Waals surface area contributed by atoms with E-state index in [0.717, 1.165) is 21.4 Å². The van der Waals surface area contributed by atoms with Crippen molar-refractivity contribution in [3.63, 3.8) is 0 Å². The highest BCUT2D eigenvalue weighted by molar-refractivity contribution is 9.10. The van der Waals surface area contributed by atoms with Gasteiger partial charge < -0.3 is 10.6 Å². The maximum absolute atomic E-state index is 5.66. The molecule has 0 atom stereocenters. The minimum atomic E-state index is 0.399. The van der Waals surface area contributed by atoms with Gasteiger partial charge in [0.05, 0.1) is 0 Å². The summed E-state index contributed by atoms with van der Waals surface area (Å²) in [6, 6.07) is 14.4. The van der Waals surface area contributed by atoms with Gasteiger partial charge in [0.2, 0.25) is 0 Å². The number of anilines is 2. The summed E-state index contributed by atoms with van der Waals surface area (Å²) in [6.45, 7) is 2.08. The standard InChI is InChI=1S/C15H15BrN2S/c1-10-3-5-11(6-4-10)18(2)12-7-8-13(15(17)19)14(16)9-12/h3-9H,1-2H3,(H2,17,19).